The Morgan fingerprint density at radius 3 is 2.37 bits per heavy atom. The number of fused-ring (bicyclic) bond motifs is 1. The zero-order valence-corrected chi connectivity index (χ0v) is 22.4. The summed E-state index contributed by atoms with van der Waals surface area (Å²) in [6.07, 6.45) is 4.24. The van der Waals surface area contributed by atoms with Crippen LogP contribution in [0, 0.1) is 0 Å². The van der Waals surface area contributed by atoms with Crippen LogP contribution in [0.15, 0.2) is 54.6 Å². The maximum absolute atomic E-state index is 12.9. The van der Waals surface area contributed by atoms with Gasteiger partial charge in [-0.25, -0.2) is 0 Å². The molecule has 38 heavy (non-hydrogen) atoms. The molecule has 0 saturated carbocycles. The smallest absolute Gasteiger partial charge is 0.241 e. The van der Waals surface area contributed by atoms with Gasteiger partial charge in [0.1, 0.15) is 17.1 Å². The molecule has 1 heterocycles. The third-order valence-electron chi connectivity index (χ3n) is 5.77. The van der Waals surface area contributed by atoms with Gasteiger partial charge in [-0.1, -0.05) is 30.4 Å². The highest BCUT2D eigenvalue weighted by atomic mass is 16.7. The van der Waals surface area contributed by atoms with Gasteiger partial charge < -0.3 is 34.7 Å². The number of carbonyl (C=O) groups excluding carboxylic acids is 1. The second kappa shape index (κ2) is 11.5. The topological polar surface area (TPSA) is 101 Å². The van der Waals surface area contributed by atoms with E-state index < -0.39 is 6.04 Å². The number of methoxy groups -OCH3 is 2. The minimum absolute atomic E-state index is 0.166. The van der Waals surface area contributed by atoms with Gasteiger partial charge in [-0.15, -0.1) is 0 Å². The first-order valence-corrected chi connectivity index (χ1v) is 12.3. The number of hydrogen-bond acceptors (Lipinski definition) is 7. The molecule has 0 saturated heterocycles. The van der Waals surface area contributed by atoms with Crippen LogP contribution < -0.4 is 34.7 Å². The summed E-state index contributed by atoms with van der Waals surface area (Å²) in [5.74, 6) is 2.85. The van der Waals surface area contributed by atoms with Crippen LogP contribution in [0.2, 0.25) is 0 Å². The second-order valence-electron chi connectivity index (χ2n) is 9.91. The summed E-state index contributed by atoms with van der Waals surface area (Å²) in [7, 11) is 3.14. The number of nitrogens with one attached hydrogen (secondary N) is 1. The molecule has 8 heteroatoms. The molecular formula is C30H34N2O6. The quantitative estimate of drug-likeness (QED) is 0.371. The maximum Gasteiger partial charge on any atom is 0.241 e. The molecule has 8 nitrogen and oxygen atoms in total. The van der Waals surface area contributed by atoms with Gasteiger partial charge in [-0.05, 0) is 80.3 Å². The molecule has 1 atom stereocenters. The molecule has 3 aromatic carbocycles. The molecular weight excluding hydrogens is 484 g/mol. The van der Waals surface area contributed by atoms with Crippen molar-refractivity contribution in [3.8, 4) is 28.7 Å². The van der Waals surface area contributed by atoms with Crippen LogP contribution in [0.25, 0.3) is 12.2 Å². The highest BCUT2D eigenvalue weighted by Crippen LogP contribution is 2.42. The van der Waals surface area contributed by atoms with E-state index in [0.29, 0.717) is 35.1 Å². The van der Waals surface area contributed by atoms with E-state index in [4.69, 9.17) is 29.4 Å². The lowest BCUT2D eigenvalue weighted by atomic mass is 10.1. The molecule has 0 unspecified atom stereocenters. The van der Waals surface area contributed by atoms with Crippen molar-refractivity contribution in [2.45, 2.75) is 38.8 Å². The van der Waals surface area contributed by atoms with Crippen LogP contribution in [0.5, 0.6) is 28.7 Å². The summed E-state index contributed by atoms with van der Waals surface area (Å²) in [6, 6.07) is 16.2. The van der Waals surface area contributed by atoms with E-state index in [0.717, 1.165) is 22.4 Å². The first-order chi connectivity index (χ1) is 18.1. The first-order valence-electron chi connectivity index (χ1n) is 12.3. The molecule has 1 aliphatic rings. The SMILES string of the molecule is COc1ccc(/C=C\c2cc(OC)c3c(c2)OCO3)cc1NC(=O)[C@@H](N)Cc1ccc(OC(C)(C)C)cc1. The fraction of sp³-hybridized carbons (Fsp3) is 0.300. The molecule has 3 N–H and O–H groups in total. The van der Waals surface area contributed by atoms with Crippen molar-refractivity contribution in [3.05, 3.63) is 71.3 Å². The van der Waals surface area contributed by atoms with Gasteiger partial charge >= 0.3 is 0 Å². The summed E-state index contributed by atoms with van der Waals surface area (Å²) in [6.45, 7) is 6.15. The molecule has 0 bridgehead atoms. The van der Waals surface area contributed by atoms with E-state index in [2.05, 4.69) is 5.32 Å². The van der Waals surface area contributed by atoms with Crippen molar-refractivity contribution in [1.82, 2.24) is 0 Å². The van der Waals surface area contributed by atoms with Gasteiger partial charge in [0, 0.05) is 0 Å². The monoisotopic (exact) mass is 518 g/mol. The predicted molar refractivity (Wildman–Crippen MR) is 148 cm³/mol. The van der Waals surface area contributed by atoms with Crippen molar-refractivity contribution >= 4 is 23.7 Å². The van der Waals surface area contributed by atoms with E-state index in [1.807, 2.05) is 81.5 Å². The van der Waals surface area contributed by atoms with Gasteiger partial charge in [0.25, 0.3) is 0 Å². The Morgan fingerprint density at radius 2 is 1.68 bits per heavy atom. The fourth-order valence-electron chi connectivity index (χ4n) is 3.98. The van der Waals surface area contributed by atoms with Gasteiger partial charge in [0.15, 0.2) is 11.5 Å². The Kier molecular flexibility index (Phi) is 8.12. The van der Waals surface area contributed by atoms with Crippen LogP contribution in [0.3, 0.4) is 0 Å². The molecule has 4 rings (SSSR count). The number of benzene rings is 3. The summed E-state index contributed by atoms with van der Waals surface area (Å²) >= 11 is 0. The molecule has 0 aliphatic carbocycles. The van der Waals surface area contributed by atoms with E-state index in [1.54, 1.807) is 20.3 Å². The molecule has 1 amide bonds. The zero-order chi connectivity index (χ0) is 27.3. The number of anilines is 1. The Hall–Kier alpha value is -4.17. The average Bonchev–Trinajstić information content (AvgIpc) is 3.36. The summed E-state index contributed by atoms with van der Waals surface area (Å²) in [5.41, 5.74) is 9.18. The minimum Gasteiger partial charge on any atom is -0.495 e. The van der Waals surface area contributed by atoms with Gasteiger partial charge in [0.05, 0.1) is 25.9 Å². The van der Waals surface area contributed by atoms with Crippen LogP contribution in [-0.2, 0) is 11.2 Å². The Morgan fingerprint density at radius 1 is 0.974 bits per heavy atom. The molecule has 0 aromatic heterocycles. The summed E-state index contributed by atoms with van der Waals surface area (Å²) in [4.78, 5) is 12.9. The molecule has 0 spiro atoms. The third kappa shape index (κ3) is 6.77. The number of hydrogen-bond donors (Lipinski definition) is 2. The largest absolute Gasteiger partial charge is 0.495 e. The van der Waals surface area contributed by atoms with Crippen molar-refractivity contribution in [2.75, 3.05) is 26.3 Å². The molecule has 200 valence electrons. The second-order valence-corrected chi connectivity index (χ2v) is 9.91. The maximum atomic E-state index is 12.9. The zero-order valence-electron chi connectivity index (χ0n) is 22.4. The lowest BCUT2D eigenvalue weighted by molar-refractivity contribution is -0.117. The predicted octanol–water partition coefficient (Wildman–Crippen LogP) is 5.29. The number of rotatable bonds is 9. The van der Waals surface area contributed by atoms with Crippen molar-refractivity contribution in [1.29, 1.82) is 0 Å². The molecule has 3 aromatic rings. The van der Waals surface area contributed by atoms with Gasteiger partial charge in [-0.3, -0.25) is 4.79 Å². The lowest BCUT2D eigenvalue weighted by Crippen LogP contribution is -2.37. The van der Waals surface area contributed by atoms with Crippen molar-refractivity contribution < 1.29 is 28.5 Å². The number of ether oxygens (including phenoxy) is 5. The number of amides is 1. The van der Waals surface area contributed by atoms with Crippen LogP contribution in [0.1, 0.15) is 37.5 Å². The third-order valence-corrected chi connectivity index (χ3v) is 5.77. The minimum atomic E-state index is -0.741. The van der Waals surface area contributed by atoms with Crippen molar-refractivity contribution in [2.24, 2.45) is 5.73 Å². The fourth-order valence-corrected chi connectivity index (χ4v) is 3.98. The number of carbonyl (C=O) groups is 1. The molecule has 0 radical (unpaired) electrons. The van der Waals surface area contributed by atoms with Gasteiger partial charge in [-0.2, -0.15) is 0 Å². The highest BCUT2D eigenvalue weighted by molar-refractivity contribution is 5.96. The van der Waals surface area contributed by atoms with E-state index in [9.17, 15) is 4.79 Å². The highest BCUT2D eigenvalue weighted by Gasteiger charge is 2.20. The Labute approximate surface area is 223 Å². The first kappa shape index (κ1) is 26.9. The average molecular weight is 519 g/mol. The normalized spacial score (nSPS) is 13.3. The van der Waals surface area contributed by atoms with E-state index in [-0.39, 0.29) is 18.3 Å². The van der Waals surface area contributed by atoms with Crippen LogP contribution in [-0.4, -0.2) is 38.6 Å². The van der Waals surface area contributed by atoms with Crippen molar-refractivity contribution in [3.63, 3.8) is 0 Å². The molecule has 1 aliphatic heterocycles. The summed E-state index contributed by atoms with van der Waals surface area (Å²) < 4.78 is 27.7. The standard InChI is InChI=1S/C30H34N2O6/c1-30(2,3)38-22-11-8-19(9-12-22)14-23(31)29(33)32-24-15-20(10-13-25(24)34-4)6-7-21-16-26(35-5)28-27(17-21)36-18-37-28/h6-13,15-17,23H,14,18,31H2,1-5H3,(H,32,33)/b7-6-/t23-/m0/s1. The summed E-state index contributed by atoms with van der Waals surface area (Å²) in [5, 5.41) is 2.91. The number of nitrogens with two attached hydrogens (primary N) is 1. The Bertz CT molecular complexity index is 1310. The van der Waals surface area contributed by atoms with Crippen LogP contribution >= 0.6 is 0 Å². The van der Waals surface area contributed by atoms with Gasteiger partial charge in [0.2, 0.25) is 18.4 Å². The van der Waals surface area contributed by atoms with E-state index in [1.165, 1.54) is 0 Å². The van der Waals surface area contributed by atoms with Crippen LogP contribution in [0.4, 0.5) is 5.69 Å². The molecule has 0 fully saturated rings. The lowest BCUT2D eigenvalue weighted by Gasteiger charge is -2.21. The Balaban J connectivity index is 1.44. The van der Waals surface area contributed by atoms with E-state index >= 15 is 0 Å².